The second-order valence-electron chi connectivity index (χ2n) is 3.75. The van der Waals surface area contributed by atoms with E-state index in [9.17, 15) is 4.79 Å². The largest absolute Gasteiger partial charge is 0.340 e. The Kier molecular flexibility index (Phi) is 3.01. The monoisotopic (exact) mass is 208 g/mol. The first-order valence-electron chi connectivity index (χ1n) is 5.23. The highest BCUT2D eigenvalue weighted by atomic mass is 16.2. The summed E-state index contributed by atoms with van der Waals surface area (Å²) in [6.07, 6.45) is 2.66. The summed E-state index contributed by atoms with van der Waals surface area (Å²) in [5.41, 5.74) is 1.17. The minimum Gasteiger partial charge on any atom is -0.340 e. The molecule has 1 fully saturated rings. The molecule has 0 bridgehead atoms. The van der Waals surface area contributed by atoms with Crippen molar-refractivity contribution in [3.63, 3.8) is 0 Å². The zero-order valence-corrected chi connectivity index (χ0v) is 8.94. The minimum absolute atomic E-state index is 0.198. The number of aryl methyl sites for hydroxylation is 1. The quantitative estimate of drug-likeness (QED) is 0.721. The molecule has 1 aromatic heterocycles. The highest BCUT2D eigenvalue weighted by Crippen LogP contribution is 2.01. The first-order chi connectivity index (χ1) is 7.27. The van der Waals surface area contributed by atoms with E-state index in [1.165, 1.54) is 5.69 Å². The first kappa shape index (κ1) is 10.2. The first-order valence-corrected chi connectivity index (χ1v) is 5.23. The van der Waals surface area contributed by atoms with Gasteiger partial charge in [0.1, 0.15) is 0 Å². The van der Waals surface area contributed by atoms with Crippen molar-refractivity contribution in [2.24, 2.45) is 7.05 Å². The summed E-state index contributed by atoms with van der Waals surface area (Å²) in [7, 11) is 1.93. The Morgan fingerprint density at radius 3 is 3.13 bits per heavy atom. The van der Waals surface area contributed by atoms with E-state index in [-0.39, 0.29) is 5.91 Å². The summed E-state index contributed by atoms with van der Waals surface area (Å²) in [6.45, 7) is 2.99. The van der Waals surface area contributed by atoms with Gasteiger partial charge in [0.25, 0.3) is 0 Å². The van der Waals surface area contributed by atoms with E-state index in [1.54, 1.807) is 6.20 Å². The predicted octanol–water partition coefficient (Wildman–Crippen LogP) is -0.606. The molecule has 1 aromatic rings. The molecule has 1 amide bonds. The van der Waals surface area contributed by atoms with E-state index >= 15 is 0 Å². The third-order valence-electron chi connectivity index (χ3n) is 2.75. The fraction of sp³-hybridized carbons (Fsp3) is 0.600. The van der Waals surface area contributed by atoms with Crippen molar-refractivity contribution in [1.29, 1.82) is 0 Å². The van der Waals surface area contributed by atoms with Crippen LogP contribution in [0.15, 0.2) is 12.3 Å². The average molecular weight is 208 g/mol. The number of aromatic nitrogens is 2. The molecule has 82 valence electrons. The number of piperazine rings is 1. The van der Waals surface area contributed by atoms with Crippen LogP contribution in [0.4, 0.5) is 0 Å². The van der Waals surface area contributed by atoms with Crippen LogP contribution in [-0.4, -0.2) is 46.8 Å². The van der Waals surface area contributed by atoms with Gasteiger partial charge in [-0.25, -0.2) is 0 Å². The molecule has 2 rings (SSSR count). The van der Waals surface area contributed by atoms with Crippen molar-refractivity contribution in [3.05, 3.63) is 18.0 Å². The normalized spacial score (nSPS) is 17.1. The van der Waals surface area contributed by atoms with Gasteiger partial charge in [0.2, 0.25) is 5.91 Å². The highest BCUT2D eigenvalue weighted by Gasteiger charge is 2.17. The van der Waals surface area contributed by atoms with Gasteiger partial charge in [-0.05, 0) is 6.07 Å². The highest BCUT2D eigenvalue weighted by molar-refractivity contribution is 5.78. The number of nitrogens with one attached hydrogen (secondary N) is 1. The molecule has 2 heterocycles. The van der Waals surface area contributed by atoms with Gasteiger partial charge >= 0.3 is 0 Å². The van der Waals surface area contributed by atoms with Gasteiger partial charge in [0, 0.05) is 45.0 Å². The summed E-state index contributed by atoms with van der Waals surface area (Å²) in [5.74, 6) is 0.198. The topological polar surface area (TPSA) is 50.2 Å². The lowest BCUT2D eigenvalue weighted by Crippen LogP contribution is -2.48. The van der Waals surface area contributed by atoms with Gasteiger partial charge in [-0.1, -0.05) is 0 Å². The van der Waals surface area contributed by atoms with Crippen molar-refractivity contribution in [3.8, 4) is 0 Å². The zero-order chi connectivity index (χ0) is 10.7. The van der Waals surface area contributed by atoms with Crippen LogP contribution >= 0.6 is 0 Å². The Morgan fingerprint density at radius 1 is 1.60 bits per heavy atom. The van der Waals surface area contributed by atoms with Gasteiger partial charge in [-0.15, -0.1) is 0 Å². The third-order valence-corrected chi connectivity index (χ3v) is 2.75. The Labute approximate surface area is 89.1 Å². The van der Waals surface area contributed by atoms with Gasteiger partial charge in [0.05, 0.1) is 6.54 Å². The number of rotatable bonds is 3. The zero-order valence-electron chi connectivity index (χ0n) is 8.94. The van der Waals surface area contributed by atoms with Crippen LogP contribution < -0.4 is 5.32 Å². The summed E-state index contributed by atoms with van der Waals surface area (Å²) in [6, 6.07) is 1.99. The third kappa shape index (κ3) is 2.36. The molecule has 0 aromatic carbocycles. The standard InChI is InChI=1S/C10H16N4O/c1-13-9(2-4-12-13)3-6-14-7-5-11-8-10(14)15/h2,4,11H,3,5-8H2,1H3. The number of amides is 1. The van der Waals surface area contributed by atoms with Gasteiger partial charge in [0.15, 0.2) is 0 Å². The summed E-state index contributed by atoms with van der Waals surface area (Å²) in [5, 5.41) is 7.16. The molecule has 1 saturated heterocycles. The fourth-order valence-corrected chi connectivity index (χ4v) is 1.78. The molecule has 0 spiro atoms. The van der Waals surface area contributed by atoms with Crippen molar-refractivity contribution < 1.29 is 4.79 Å². The predicted molar refractivity (Wildman–Crippen MR) is 56.4 cm³/mol. The summed E-state index contributed by atoms with van der Waals surface area (Å²) in [4.78, 5) is 13.4. The van der Waals surface area contributed by atoms with Gasteiger partial charge < -0.3 is 10.2 Å². The minimum atomic E-state index is 0.198. The van der Waals surface area contributed by atoms with Crippen LogP contribution in [0.3, 0.4) is 0 Å². The molecule has 0 aliphatic carbocycles. The van der Waals surface area contributed by atoms with Crippen LogP contribution in [0.25, 0.3) is 0 Å². The molecule has 5 nitrogen and oxygen atoms in total. The van der Waals surface area contributed by atoms with E-state index in [4.69, 9.17) is 0 Å². The van der Waals surface area contributed by atoms with E-state index in [1.807, 2.05) is 22.7 Å². The van der Waals surface area contributed by atoms with E-state index in [0.29, 0.717) is 6.54 Å². The molecule has 0 saturated carbocycles. The van der Waals surface area contributed by atoms with Crippen LogP contribution in [0.2, 0.25) is 0 Å². The molecule has 0 radical (unpaired) electrons. The number of nitrogens with zero attached hydrogens (tertiary/aromatic N) is 3. The van der Waals surface area contributed by atoms with Gasteiger partial charge in [-0.3, -0.25) is 9.48 Å². The maximum absolute atomic E-state index is 11.5. The lowest BCUT2D eigenvalue weighted by Gasteiger charge is -2.27. The second kappa shape index (κ2) is 4.44. The van der Waals surface area contributed by atoms with Crippen LogP contribution in [-0.2, 0) is 18.3 Å². The average Bonchev–Trinajstić information content (AvgIpc) is 2.63. The summed E-state index contributed by atoms with van der Waals surface area (Å²) < 4.78 is 1.85. The fourth-order valence-electron chi connectivity index (χ4n) is 1.78. The molecule has 1 aliphatic heterocycles. The second-order valence-corrected chi connectivity index (χ2v) is 3.75. The van der Waals surface area contributed by atoms with Crippen molar-refractivity contribution in [1.82, 2.24) is 20.0 Å². The van der Waals surface area contributed by atoms with Crippen LogP contribution in [0, 0.1) is 0 Å². The number of hydrogen-bond donors (Lipinski definition) is 1. The molecule has 1 aliphatic rings. The maximum atomic E-state index is 11.5. The molecule has 15 heavy (non-hydrogen) atoms. The number of carbonyl (C=O) groups excluding carboxylic acids is 1. The molecular weight excluding hydrogens is 192 g/mol. The number of carbonyl (C=O) groups is 1. The van der Waals surface area contributed by atoms with Crippen LogP contribution in [0.1, 0.15) is 5.69 Å². The van der Waals surface area contributed by atoms with Crippen molar-refractivity contribution >= 4 is 5.91 Å². The smallest absolute Gasteiger partial charge is 0.236 e. The van der Waals surface area contributed by atoms with E-state index < -0.39 is 0 Å². The summed E-state index contributed by atoms with van der Waals surface area (Å²) >= 11 is 0. The van der Waals surface area contributed by atoms with Crippen molar-refractivity contribution in [2.75, 3.05) is 26.2 Å². The molecule has 0 atom stereocenters. The molecule has 1 N–H and O–H groups in total. The Morgan fingerprint density at radius 2 is 2.47 bits per heavy atom. The van der Waals surface area contributed by atoms with Crippen molar-refractivity contribution in [2.45, 2.75) is 6.42 Å². The van der Waals surface area contributed by atoms with Crippen LogP contribution in [0.5, 0.6) is 0 Å². The lowest BCUT2D eigenvalue weighted by atomic mass is 10.2. The SMILES string of the molecule is Cn1nccc1CCN1CCNCC1=O. The molecular formula is C10H16N4O. The maximum Gasteiger partial charge on any atom is 0.236 e. The number of hydrogen-bond acceptors (Lipinski definition) is 3. The Hall–Kier alpha value is -1.36. The van der Waals surface area contributed by atoms with E-state index in [0.717, 1.165) is 26.1 Å². The molecule has 5 heteroatoms. The van der Waals surface area contributed by atoms with E-state index in [2.05, 4.69) is 10.4 Å². The Balaban J connectivity index is 1.87. The van der Waals surface area contributed by atoms with Gasteiger partial charge in [-0.2, -0.15) is 5.10 Å². The Bertz CT molecular complexity index is 347. The molecule has 0 unspecified atom stereocenters. The lowest BCUT2D eigenvalue weighted by molar-refractivity contribution is -0.131.